The number of benzene rings is 1. The van der Waals surface area contributed by atoms with Crippen molar-refractivity contribution < 1.29 is 14.3 Å². The van der Waals surface area contributed by atoms with Gasteiger partial charge >= 0.3 is 0 Å². The first-order valence-corrected chi connectivity index (χ1v) is 6.32. The van der Waals surface area contributed by atoms with Crippen LogP contribution >= 0.6 is 0 Å². The highest BCUT2D eigenvalue weighted by Gasteiger charge is 2.19. The molecule has 0 aliphatic carbocycles. The van der Waals surface area contributed by atoms with E-state index in [2.05, 4.69) is 0 Å². The Balaban J connectivity index is 3.02. The summed E-state index contributed by atoms with van der Waals surface area (Å²) in [5, 5.41) is 0. The Morgan fingerprint density at radius 2 is 1.80 bits per heavy atom. The van der Waals surface area contributed by atoms with Gasteiger partial charge in [0.2, 0.25) is 0 Å². The zero-order chi connectivity index (χ0) is 15.3. The summed E-state index contributed by atoms with van der Waals surface area (Å²) in [5.74, 6) is 0.829. The van der Waals surface area contributed by atoms with Crippen molar-refractivity contribution >= 4 is 11.6 Å². The van der Waals surface area contributed by atoms with E-state index < -0.39 is 0 Å². The quantitative estimate of drug-likeness (QED) is 0.785. The molecule has 1 aromatic carbocycles. The number of likely N-dealkylation sites (N-methyl/N-ethyl adjacent to an activating group) is 2. The standard InChI is InChI=1S/C14H23N3O3/c1-16(2)6-7-17(3)14(18)11-8-10(19-4)9-12(20-5)13(11)15/h8-9H,6-7,15H2,1-5H3. The highest BCUT2D eigenvalue weighted by Crippen LogP contribution is 2.31. The molecule has 1 amide bonds. The average Bonchev–Trinajstić information content (AvgIpc) is 2.44. The Kier molecular flexibility index (Phi) is 5.64. The summed E-state index contributed by atoms with van der Waals surface area (Å²) < 4.78 is 10.3. The molecule has 0 aliphatic heterocycles. The maximum Gasteiger partial charge on any atom is 0.256 e. The third kappa shape index (κ3) is 3.77. The van der Waals surface area contributed by atoms with Crippen molar-refractivity contribution in [3.8, 4) is 11.5 Å². The molecule has 20 heavy (non-hydrogen) atoms. The van der Waals surface area contributed by atoms with Gasteiger partial charge < -0.3 is 25.0 Å². The van der Waals surface area contributed by atoms with Gasteiger partial charge in [-0.05, 0) is 20.2 Å². The molecule has 0 aromatic heterocycles. The minimum atomic E-state index is -0.151. The third-order valence-corrected chi connectivity index (χ3v) is 3.03. The lowest BCUT2D eigenvalue weighted by Gasteiger charge is -2.21. The largest absolute Gasteiger partial charge is 0.497 e. The fourth-order valence-corrected chi connectivity index (χ4v) is 1.72. The van der Waals surface area contributed by atoms with Crippen LogP contribution in [0.5, 0.6) is 11.5 Å². The Bertz CT molecular complexity index is 475. The van der Waals surface area contributed by atoms with Gasteiger partial charge in [0.25, 0.3) is 5.91 Å². The number of methoxy groups -OCH3 is 2. The van der Waals surface area contributed by atoms with E-state index in [0.29, 0.717) is 29.3 Å². The van der Waals surface area contributed by atoms with Crippen molar-refractivity contribution in [1.82, 2.24) is 9.80 Å². The summed E-state index contributed by atoms with van der Waals surface area (Å²) in [6.07, 6.45) is 0. The molecule has 6 nitrogen and oxygen atoms in total. The van der Waals surface area contributed by atoms with E-state index in [1.54, 1.807) is 24.1 Å². The average molecular weight is 281 g/mol. The van der Waals surface area contributed by atoms with E-state index in [4.69, 9.17) is 15.2 Å². The van der Waals surface area contributed by atoms with Gasteiger partial charge in [-0.2, -0.15) is 0 Å². The van der Waals surface area contributed by atoms with Crippen LogP contribution in [-0.4, -0.2) is 64.2 Å². The molecule has 0 heterocycles. The number of carbonyl (C=O) groups excluding carboxylic acids is 1. The van der Waals surface area contributed by atoms with Crippen LogP contribution in [0.15, 0.2) is 12.1 Å². The molecule has 0 spiro atoms. The monoisotopic (exact) mass is 281 g/mol. The lowest BCUT2D eigenvalue weighted by molar-refractivity contribution is 0.0786. The van der Waals surface area contributed by atoms with E-state index >= 15 is 0 Å². The molecular formula is C14H23N3O3. The van der Waals surface area contributed by atoms with Crippen LogP contribution in [0, 0.1) is 0 Å². The van der Waals surface area contributed by atoms with E-state index in [9.17, 15) is 4.79 Å². The first kappa shape index (κ1) is 16.1. The van der Waals surface area contributed by atoms with Gasteiger partial charge in [-0.1, -0.05) is 0 Å². The van der Waals surface area contributed by atoms with Crippen LogP contribution in [0.1, 0.15) is 10.4 Å². The molecule has 0 fully saturated rings. The number of hydrogen-bond donors (Lipinski definition) is 1. The number of nitrogen functional groups attached to an aromatic ring is 1. The number of anilines is 1. The molecule has 1 rings (SSSR count). The van der Waals surface area contributed by atoms with E-state index in [1.165, 1.54) is 14.2 Å². The minimum Gasteiger partial charge on any atom is -0.497 e. The predicted molar refractivity (Wildman–Crippen MR) is 79.5 cm³/mol. The molecule has 1 aromatic rings. The fourth-order valence-electron chi connectivity index (χ4n) is 1.72. The molecule has 0 unspecified atom stereocenters. The lowest BCUT2D eigenvalue weighted by atomic mass is 10.1. The molecule has 2 N–H and O–H groups in total. The van der Waals surface area contributed by atoms with Gasteiger partial charge in [0.05, 0.1) is 25.5 Å². The molecule has 6 heteroatoms. The van der Waals surface area contributed by atoms with Crippen LogP contribution in [0.4, 0.5) is 5.69 Å². The second kappa shape index (κ2) is 7.00. The zero-order valence-electron chi connectivity index (χ0n) is 12.8. The number of nitrogens with two attached hydrogens (primary N) is 1. The minimum absolute atomic E-state index is 0.151. The van der Waals surface area contributed by atoms with Crippen molar-refractivity contribution in [2.75, 3.05) is 54.2 Å². The Morgan fingerprint density at radius 1 is 1.15 bits per heavy atom. The second-order valence-corrected chi connectivity index (χ2v) is 4.82. The molecule has 0 aliphatic rings. The van der Waals surface area contributed by atoms with Gasteiger partial charge in [0, 0.05) is 26.2 Å². The van der Waals surface area contributed by atoms with Crippen molar-refractivity contribution in [2.24, 2.45) is 0 Å². The SMILES string of the molecule is COc1cc(OC)c(N)c(C(=O)N(C)CCN(C)C)c1. The molecule has 0 bridgehead atoms. The van der Waals surface area contributed by atoms with Gasteiger partial charge in [-0.15, -0.1) is 0 Å². The van der Waals surface area contributed by atoms with Crippen molar-refractivity contribution in [2.45, 2.75) is 0 Å². The van der Waals surface area contributed by atoms with E-state index in [1.807, 2.05) is 19.0 Å². The Labute approximate surface area is 120 Å². The van der Waals surface area contributed by atoms with Crippen molar-refractivity contribution in [3.05, 3.63) is 17.7 Å². The number of amides is 1. The number of hydrogen-bond acceptors (Lipinski definition) is 5. The molecule has 112 valence electrons. The van der Waals surface area contributed by atoms with Gasteiger partial charge in [0.15, 0.2) is 0 Å². The van der Waals surface area contributed by atoms with E-state index in [-0.39, 0.29) is 5.91 Å². The fraction of sp³-hybridized carbons (Fsp3) is 0.500. The predicted octanol–water partition coefficient (Wildman–Crippen LogP) is 0.920. The lowest BCUT2D eigenvalue weighted by Crippen LogP contribution is -2.33. The zero-order valence-corrected chi connectivity index (χ0v) is 12.8. The van der Waals surface area contributed by atoms with Gasteiger partial charge in [-0.25, -0.2) is 0 Å². The highest BCUT2D eigenvalue weighted by atomic mass is 16.5. The summed E-state index contributed by atoms with van der Waals surface area (Å²) in [6.45, 7) is 1.40. The third-order valence-electron chi connectivity index (χ3n) is 3.03. The number of ether oxygens (including phenoxy) is 2. The Hall–Kier alpha value is -1.95. The first-order chi connectivity index (χ1) is 9.40. The van der Waals surface area contributed by atoms with Crippen LogP contribution < -0.4 is 15.2 Å². The van der Waals surface area contributed by atoms with E-state index in [0.717, 1.165) is 6.54 Å². The van der Waals surface area contributed by atoms with Crippen molar-refractivity contribution in [3.63, 3.8) is 0 Å². The first-order valence-electron chi connectivity index (χ1n) is 6.32. The van der Waals surface area contributed by atoms with Crippen LogP contribution in [0.2, 0.25) is 0 Å². The van der Waals surface area contributed by atoms with Crippen LogP contribution in [0.25, 0.3) is 0 Å². The molecule has 0 saturated heterocycles. The summed E-state index contributed by atoms with van der Waals surface area (Å²) in [7, 11) is 8.71. The molecular weight excluding hydrogens is 258 g/mol. The van der Waals surface area contributed by atoms with Gasteiger partial charge in [0.1, 0.15) is 11.5 Å². The highest BCUT2D eigenvalue weighted by molar-refractivity contribution is 6.00. The molecule has 0 atom stereocenters. The maximum absolute atomic E-state index is 12.4. The smallest absolute Gasteiger partial charge is 0.256 e. The number of rotatable bonds is 6. The molecule has 0 radical (unpaired) electrons. The number of carbonyl (C=O) groups is 1. The normalized spacial score (nSPS) is 10.5. The summed E-state index contributed by atoms with van der Waals surface area (Å²) >= 11 is 0. The number of nitrogens with zero attached hydrogens (tertiary/aromatic N) is 2. The Morgan fingerprint density at radius 3 is 2.30 bits per heavy atom. The topological polar surface area (TPSA) is 68.0 Å². The molecule has 0 saturated carbocycles. The summed E-state index contributed by atoms with van der Waals surface area (Å²) in [6, 6.07) is 3.29. The summed E-state index contributed by atoms with van der Waals surface area (Å²) in [5.41, 5.74) is 6.69. The van der Waals surface area contributed by atoms with Crippen LogP contribution in [-0.2, 0) is 0 Å². The maximum atomic E-state index is 12.4. The van der Waals surface area contributed by atoms with Crippen LogP contribution in [0.3, 0.4) is 0 Å². The summed E-state index contributed by atoms with van der Waals surface area (Å²) in [4.78, 5) is 16.1. The van der Waals surface area contributed by atoms with Gasteiger partial charge in [-0.3, -0.25) is 4.79 Å². The second-order valence-electron chi connectivity index (χ2n) is 4.82. The van der Waals surface area contributed by atoms with Crippen molar-refractivity contribution in [1.29, 1.82) is 0 Å².